The molecule has 10 heteroatoms. The van der Waals surface area contributed by atoms with E-state index in [2.05, 4.69) is 10.3 Å². The average molecular weight is 595 g/mol. The average Bonchev–Trinajstić information content (AvgIpc) is 2.97. The maximum absolute atomic E-state index is 14.5. The van der Waals surface area contributed by atoms with Gasteiger partial charge in [0.05, 0.1) is 13.0 Å². The van der Waals surface area contributed by atoms with Gasteiger partial charge < -0.3 is 19.5 Å². The van der Waals surface area contributed by atoms with Crippen LogP contribution in [0.2, 0.25) is 0 Å². The van der Waals surface area contributed by atoms with Crippen molar-refractivity contribution in [2.24, 2.45) is 5.92 Å². The molecule has 3 rings (SSSR count). The van der Waals surface area contributed by atoms with Gasteiger partial charge in [-0.15, -0.1) is 0 Å². The van der Waals surface area contributed by atoms with Gasteiger partial charge in [0.1, 0.15) is 23.4 Å². The lowest BCUT2D eigenvalue weighted by atomic mass is 9.95. The lowest BCUT2D eigenvalue weighted by molar-refractivity contribution is -0.141. The highest BCUT2D eigenvalue weighted by molar-refractivity contribution is 5.99. The summed E-state index contributed by atoms with van der Waals surface area (Å²) in [6.45, 7) is 9.82. The number of nitrogens with one attached hydrogen (secondary N) is 1. The number of esters is 2. The third kappa shape index (κ3) is 7.82. The van der Waals surface area contributed by atoms with Crippen LogP contribution in [0.3, 0.4) is 0 Å². The number of amides is 1. The van der Waals surface area contributed by atoms with Crippen LogP contribution in [0.25, 0.3) is 5.57 Å². The van der Waals surface area contributed by atoms with E-state index >= 15 is 0 Å². The maximum atomic E-state index is 14.5. The molecule has 1 N–H and O–H groups in total. The van der Waals surface area contributed by atoms with Crippen LogP contribution in [0, 0.1) is 31.4 Å². The van der Waals surface area contributed by atoms with Crippen molar-refractivity contribution in [2.45, 2.75) is 60.4 Å². The standard InChI is InChI=1S/C33H36F2N2O6/c1-8-22(9-2)33(40)43-30-27(41-7)14-15-36-29(30)31(38)37-20(5)32(39)42-21(6)28(23-12-10-18(3)25(34)16-23)24-13-11-19(4)26(35)17-24/h10-17,20,22H,8-9H2,1-7H3,(H,37,38)/t20-/m0/s1. The van der Waals surface area contributed by atoms with Crippen molar-refractivity contribution in [1.29, 1.82) is 0 Å². The summed E-state index contributed by atoms with van der Waals surface area (Å²) in [6.07, 6.45) is 2.40. The number of rotatable bonds is 11. The summed E-state index contributed by atoms with van der Waals surface area (Å²) in [5.74, 6) is -3.51. The van der Waals surface area contributed by atoms with Gasteiger partial charge in [0.25, 0.3) is 5.91 Å². The van der Waals surface area contributed by atoms with Crippen LogP contribution in [-0.2, 0) is 14.3 Å². The van der Waals surface area contributed by atoms with Gasteiger partial charge >= 0.3 is 11.9 Å². The van der Waals surface area contributed by atoms with Gasteiger partial charge in [-0.05, 0) is 74.9 Å². The number of methoxy groups -OCH3 is 1. The van der Waals surface area contributed by atoms with Gasteiger partial charge in [-0.3, -0.25) is 9.59 Å². The van der Waals surface area contributed by atoms with Crippen molar-refractivity contribution in [3.8, 4) is 11.5 Å². The molecule has 1 heterocycles. The third-order valence-corrected chi connectivity index (χ3v) is 7.05. The van der Waals surface area contributed by atoms with Gasteiger partial charge in [0.15, 0.2) is 11.4 Å². The number of pyridine rings is 1. The zero-order valence-corrected chi connectivity index (χ0v) is 25.3. The lowest BCUT2D eigenvalue weighted by Crippen LogP contribution is -2.40. The molecule has 0 fully saturated rings. The van der Waals surface area contributed by atoms with Gasteiger partial charge in [0.2, 0.25) is 5.75 Å². The van der Waals surface area contributed by atoms with E-state index in [-0.39, 0.29) is 28.9 Å². The molecule has 0 saturated carbocycles. The fraction of sp³-hybridized carbons (Fsp3) is 0.333. The molecule has 2 aromatic carbocycles. The number of halogens is 2. The number of carbonyl (C=O) groups is 3. The predicted octanol–water partition coefficient (Wildman–Crippen LogP) is 6.47. The van der Waals surface area contributed by atoms with E-state index in [0.29, 0.717) is 40.7 Å². The Labute approximate surface area is 250 Å². The molecule has 0 aliphatic carbocycles. The summed E-state index contributed by atoms with van der Waals surface area (Å²) < 4.78 is 45.4. The molecular weight excluding hydrogens is 558 g/mol. The van der Waals surface area contributed by atoms with E-state index in [4.69, 9.17) is 14.2 Å². The van der Waals surface area contributed by atoms with Gasteiger partial charge in [-0.25, -0.2) is 18.6 Å². The highest BCUT2D eigenvalue weighted by atomic mass is 19.1. The first-order valence-corrected chi connectivity index (χ1v) is 13.9. The topological polar surface area (TPSA) is 104 Å². The van der Waals surface area contributed by atoms with E-state index in [9.17, 15) is 23.2 Å². The Hall–Kier alpha value is -4.60. The first kappa shape index (κ1) is 32.9. The van der Waals surface area contributed by atoms with Crippen molar-refractivity contribution < 1.29 is 37.4 Å². The van der Waals surface area contributed by atoms with Crippen LogP contribution in [0.15, 0.2) is 54.4 Å². The fourth-order valence-corrected chi connectivity index (χ4v) is 4.34. The molecule has 8 nitrogen and oxygen atoms in total. The molecule has 0 unspecified atom stereocenters. The second-order valence-corrected chi connectivity index (χ2v) is 10.1. The summed E-state index contributed by atoms with van der Waals surface area (Å²) >= 11 is 0. The van der Waals surface area contributed by atoms with Crippen molar-refractivity contribution in [3.05, 3.63) is 94.0 Å². The zero-order chi connectivity index (χ0) is 31.8. The second-order valence-electron chi connectivity index (χ2n) is 10.1. The van der Waals surface area contributed by atoms with Crippen LogP contribution < -0.4 is 14.8 Å². The van der Waals surface area contributed by atoms with Crippen LogP contribution in [0.1, 0.15) is 73.3 Å². The Morgan fingerprint density at radius 2 is 1.47 bits per heavy atom. The predicted molar refractivity (Wildman–Crippen MR) is 157 cm³/mol. The molecule has 0 radical (unpaired) electrons. The number of ether oxygens (including phenoxy) is 3. The first-order valence-electron chi connectivity index (χ1n) is 13.9. The largest absolute Gasteiger partial charge is 0.493 e. The summed E-state index contributed by atoms with van der Waals surface area (Å²) in [7, 11) is 1.36. The first-order chi connectivity index (χ1) is 20.4. The molecule has 0 bridgehead atoms. The van der Waals surface area contributed by atoms with Crippen LogP contribution in [-0.4, -0.2) is 36.0 Å². The number of allylic oxidation sites excluding steroid dienone is 1. The Balaban J connectivity index is 1.90. The molecule has 3 aromatic rings. The minimum atomic E-state index is -1.19. The number of aromatic nitrogens is 1. The van der Waals surface area contributed by atoms with E-state index in [1.165, 1.54) is 45.4 Å². The van der Waals surface area contributed by atoms with Gasteiger partial charge in [-0.2, -0.15) is 0 Å². The van der Waals surface area contributed by atoms with E-state index < -0.39 is 35.5 Å². The minimum Gasteiger partial charge on any atom is -0.493 e. The molecule has 0 spiro atoms. The number of hydrogen-bond donors (Lipinski definition) is 1. The maximum Gasteiger partial charge on any atom is 0.333 e. The Kier molecular flexibility index (Phi) is 11.1. The van der Waals surface area contributed by atoms with Crippen molar-refractivity contribution in [1.82, 2.24) is 10.3 Å². The Morgan fingerprint density at radius 1 is 0.907 bits per heavy atom. The summed E-state index contributed by atoms with van der Waals surface area (Å²) in [5.41, 5.74) is 1.63. The van der Waals surface area contributed by atoms with Gasteiger partial charge in [-0.1, -0.05) is 38.1 Å². The minimum absolute atomic E-state index is 0.0666. The number of aryl methyl sites for hydroxylation is 2. The van der Waals surface area contributed by atoms with E-state index in [0.717, 1.165) is 0 Å². The zero-order valence-electron chi connectivity index (χ0n) is 25.3. The SMILES string of the molecule is CCC(CC)C(=O)Oc1c(OC)ccnc1C(=O)N[C@@H](C)C(=O)OC(C)=C(c1ccc(C)c(F)c1)c1ccc(C)c(F)c1. The normalized spacial score (nSPS) is 11.5. The second kappa shape index (κ2) is 14.5. The fourth-order valence-electron chi connectivity index (χ4n) is 4.34. The van der Waals surface area contributed by atoms with Crippen molar-refractivity contribution in [2.75, 3.05) is 7.11 Å². The molecule has 0 aliphatic heterocycles. The van der Waals surface area contributed by atoms with Gasteiger partial charge in [0, 0.05) is 17.8 Å². The third-order valence-electron chi connectivity index (χ3n) is 7.05. The van der Waals surface area contributed by atoms with Crippen LogP contribution in [0.4, 0.5) is 8.78 Å². The molecule has 1 atom stereocenters. The number of hydrogen-bond acceptors (Lipinski definition) is 7. The Bertz CT molecular complexity index is 1490. The molecular formula is C33H36F2N2O6. The molecule has 228 valence electrons. The highest BCUT2D eigenvalue weighted by Crippen LogP contribution is 2.32. The number of carbonyl (C=O) groups excluding carboxylic acids is 3. The highest BCUT2D eigenvalue weighted by Gasteiger charge is 2.27. The molecule has 1 amide bonds. The molecule has 1 aromatic heterocycles. The number of nitrogens with zero attached hydrogens (tertiary/aromatic N) is 1. The van der Waals surface area contributed by atoms with Crippen molar-refractivity contribution in [3.63, 3.8) is 0 Å². The smallest absolute Gasteiger partial charge is 0.333 e. The van der Waals surface area contributed by atoms with E-state index in [1.54, 1.807) is 38.1 Å². The van der Waals surface area contributed by atoms with Crippen LogP contribution >= 0.6 is 0 Å². The van der Waals surface area contributed by atoms with Crippen molar-refractivity contribution >= 4 is 23.4 Å². The van der Waals surface area contributed by atoms with E-state index in [1.807, 2.05) is 13.8 Å². The number of benzene rings is 2. The lowest BCUT2D eigenvalue weighted by Gasteiger charge is -2.19. The summed E-state index contributed by atoms with van der Waals surface area (Å²) in [6, 6.07) is 9.25. The molecule has 0 aliphatic rings. The Morgan fingerprint density at radius 3 is 1.95 bits per heavy atom. The molecule has 0 saturated heterocycles. The monoisotopic (exact) mass is 594 g/mol. The quantitative estimate of drug-likeness (QED) is 0.201. The van der Waals surface area contributed by atoms with Crippen LogP contribution in [0.5, 0.6) is 11.5 Å². The summed E-state index contributed by atoms with van der Waals surface area (Å²) in [5, 5.41) is 2.51. The molecule has 43 heavy (non-hydrogen) atoms. The summed E-state index contributed by atoms with van der Waals surface area (Å²) in [4.78, 5) is 43.1.